The smallest absolute Gasteiger partial charge is 0.328 e. The average molecular weight is 251 g/mol. The SMILES string of the molecule is COc1cc(/C=C/C(=O)O)cc(C=O)c1[N+](=O)[O-]. The van der Waals surface area contributed by atoms with E-state index in [9.17, 15) is 19.7 Å². The minimum absolute atomic E-state index is 0.102. The minimum Gasteiger partial charge on any atom is -0.490 e. The van der Waals surface area contributed by atoms with Crippen molar-refractivity contribution in [3.05, 3.63) is 39.4 Å². The average Bonchev–Trinajstić information content (AvgIpc) is 2.34. The van der Waals surface area contributed by atoms with Crippen molar-refractivity contribution >= 4 is 24.0 Å². The highest BCUT2D eigenvalue weighted by Gasteiger charge is 2.21. The minimum atomic E-state index is -1.17. The van der Waals surface area contributed by atoms with Crippen LogP contribution in [0.4, 0.5) is 5.69 Å². The van der Waals surface area contributed by atoms with Crippen molar-refractivity contribution in [1.82, 2.24) is 0 Å². The highest BCUT2D eigenvalue weighted by molar-refractivity contribution is 5.88. The Morgan fingerprint density at radius 2 is 2.17 bits per heavy atom. The second-order valence-corrected chi connectivity index (χ2v) is 3.21. The fourth-order valence-electron chi connectivity index (χ4n) is 1.36. The molecule has 94 valence electrons. The molecule has 7 nitrogen and oxygen atoms in total. The van der Waals surface area contributed by atoms with Gasteiger partial charge in [-0.25, -0.2) is 4.79 Å². The van der Waals surface area contributed by atoms with Crippen molar-refractivity contribution in [2.45, 2.75) is 0 Å². The van der Waals surface area contributed by atoms with Gasteiger partial charge in [0.2, 0.25) is 0 Å². The Kier molecular flexibility index (Phi) is 4.14. The van der Waals surface area contributed by atoms with Crippen molar-refractivity contribution in [2.24, 2.45) is 0 Å². The maximum absolute atomic E-state index is 10.8. The highest BCUT2D eigenvalue weighted by Crippen LogP contribution is 2.31. The first-order chi connectivity index (χ1) is 8.49. The number of nitrogens with zero attached hydrogens (tertiary/aromatic N) is 1. The Morgan fingerprint density at radius 1 is 1.50 bits per heavy atom. The summed E-state index contributed by atoms with van der Waals surface area (Å²) < 4.78 is 4.81. The molecule has 0 aliphatic carbocycles. The summed E-state index contributed by atoms with van der Waals surface area (Å²) in [6.07, 6.45) is 2.38. The van der Waals surface area contributed by atoms with Gasteiger partial charge in [0.1, 0.15) is 0 Å². The Hall–Kier alpha value is -2.70. The number of ether oxygens (including phenoxy) is 1. The second kappa shape index (κ2) is 5.58. The third-order valence-electron chi connectivity index (χ3n) is 2.07. The quantitative estimate of drug-likeness (QED) is 0.368. The third-order valence-corrected chi connectivity index (χ3v) is 2.07. The molecule has 18 heavy (non-hydrogen) atoms. The number of carbonyl (C=O) groups excluding carboxylic acids is 1. The van der Waals surface area contributed by atoms with E-state index in [4.69, 9.17) is 9.84 Å². The molecule has 0 aliphatic heterocycles. The molecule has 0 fully saturated rings. The molecule has 7 heteroatoms. The molecule has 0 aromatic heterocycles. The topological polar surface area (TPSA) is 107 Å². The van der Waals surface area contributed by atoms with Crippen LogP contribution < -0.4 is 4.74 Å². The number of benzene rings is 1. The number of nitro benzene ring substituents is 1. The lowest BCUT2D eigenvalue weighted by molar-refractivity contribution is -0.386. The van der Waals surface area contributed by atoms with Crippen molar-refractivity contribution in [3.8, 4) is 5.75 Å². The molecular weight excluding hydrogens is 242 g/mol. The lowest BCUT2D eigenvalue weighted by Crippen LogP contribution is -1.99. The number of methoxy groups -OCH3 is 1. The summed E-state index contributed by atoms with van der Waals surface area (Å²) in [7, 11) is 1.22. The van der Waals surface area contributed by atoms with E-state index in [1.165, 1.54) is 25.3 Å². The van der Waals surface area contributed by atoms with E-state index in [1.54, 1.807) is 0 Å². The van der Waals surface area contributed by atoms with Crippen LogP contribution in [0.2, 0.25) is 0 Å². The van der Waals surface area contributed by atoms with E-state index in [2.05, 4.69) is 0 Å². The number of hydrogen-bond donors (Lipinski definition) is 1. The lowest BCUT2D eigenvalue weighted by Gasteiger charge is -2.05. The number of rotatable bonds is 5. The maximum atomic E-state index is 10.8. The molecule has 1 N–H and O–H groups in total. The predicted octanol–water partition coefficient (Wildman–Crippen LogP) is 1.51. The first kappa shape index (κ1) is 13.4. The Morgan fingerprint density at radius 3 is 2.61 bits per heavy atom. The second-order valence-electron chi connectivity index (χ2n) is 3.21. The molecule has 0 radical (unpaired) electrons. The normalized spacial score (nSPS) is 10.3. The molecule has 0 saturated carbocycles. The van der Waals surface area contributed by atoms with Gasteiger partial charge in [0.05, 0.1) is 17.6 Å². The van der Waals surface area contributed by atoms with Crippen molar-refractivity contribution in [3.63, 3.8) is 0 Å². The van der Waals surface area contributed by atoms with Gasteiger partial charge in [0, 0.05) is 6.08 Å². The zero-order valence-corrected chi connectivity index (χ0v) is 9.32. The van der Waals surface area contributed by atoms with Crippen molar-refractivity contribution in [2.75, 3.05) is 7.11 Å². The van der Waals surface area contributed by atoms with Gasteiger partial charge in [-0.1, -0.05) is 0 Å². The molecule has 0 heterocycles. The monoisotopic (exact) mass is 251 g/mol. The molecule has 0 spiro atoms. The zero-order chi connectivity index (χ0) is 13.7. The van der Waals surface area contributed by atoms with Crippen LogP contribution in [-0.4, -0.2) is 29.4 Å². The summed E-state index contributed by atoms with van der Waals surface area (Å²) in [6.45, 7) is 0. The van der Waals surface area contributed by atoms with Gasteiger partial charge in [-0.05, 0) is 23.8 Å². The van der Waals surface area contributed by atoms with Gasteiger partial charge in [-0.2, -0.15) is 0 Å². The van der Waals surface area contributed by atoms with Gasteiger partial charge < -0.3 is 9.84 Å². The summed E-state index contributed by atoms with van der Waals surface area (Å²) in [6, 6.07) is 2.50. The third kappa shape index (κ3) is 2.91. The molecule has 0 saturated heterocycles. The van der Waals surface area contributed by atoms with Crippen LogP contribution in [0.1, 0.15) is 15.9 Å². The van der Waals surface area contributed by atoms with Gasteiger partial charge in [0.25, 0.3) is 0 Å². The first-order valence-electron chi connectivity index (χ1n) is 4.72. The molecule has 0 atom stereocenters. The maximum Gasteiger partial charge on any atom is 0.328 e. The van der Waals surface area contributed by atoms with Crippen LogP contribution >= 0.6 is 0 Å². The van der Waals surface area contributed by atoms with Gasteiger partial charge >= 0.3 is 11.7 Å². The standard InChI is InChI=1S/C11H9NO6/c1-18-9-5-7(2-3-10(14)15)4-8(6-13)11(9)12(16)17/h2-6H,1H3,(H,14,15)/b3-2+. The summed E-state index contributed by atoms with van der Waals surface area (Å²) in [5, 5.41) is 19.3. The van der Waals surface area contributed by atoms with Gasteiger partial charge in [0.15, 0.2) is 12.0 Å². The van der Waals surface area contributed by atoms with Crippen LogP contribution in [-0.2, 0) is 4.79 Å². The van der Waals surface area contributed by atoms with Gasteiger partial charge in [-0.3, -0.25) is 14.9 Å². The van der Waals surface area contributed by atoms with E-state index < -0.39 is 16.6 Å². The van der Waals surface area contributed by atoms with Crippen LogP contribution in [0.25, 0.3) is 6.08 Å². The Labute approximate surface area is 101 Å². The highest BCUT2D eigenvalue weighted by atomic mass is 16.6. The number of carboxylic acids is 1. The summed E-state index contributed by atoms with van der Waals surface area (Å²) in [5.41, 5.74) is -0.300. The van der Waals surface area contributed by atoms with Gasteiger partial charge in [-0.15, -0.1) is 0 Å². The van der Waals surface area contributed by atoms with E-state index in [0.29, 0.717) is 11.8 Å². The molecule has 0 amide bonds. The molecule has 1 aromatic carbocycles. The number of carbonyl (C=O) groups is 2. The van der Waals surface area contributed by atoms with Crippen LogP contribution in [0.15, 0.2) is 18.2 Å². The fraction of sp³-hybridized carbons (Fsp3) is 0.0909. The number of aldehydes is 1. The molecule has 0 bridgehead atoms. The number of nitro groups is 1. The van der Waals surface area contributed by atoms with E-state index in [0.717, 1.165) is 6.08 Å². The zero-order valence-electron chi connectivity index (χ0n) is 9.32. The van der Waals surface area contributed by atoms with E-state index in [-0.39, 0.29) is 11.3 Å². The van der Waals surface area contributed by atoms with Crippen LogP contribution in [0, 0.1) is 10.1 Å². The molecule has 0 unspecified atom stereocenters. The molecule has 1 rings (SSSR count). The number of hydrogen-bond acceptors (Lipinski definition) is 5. The predicted molar refractivity (Wildman–Crippen MR) is 61.7 cm³/mol. The number of aliphatic carboxylic acids is 1. The van der Waals surface area contributed by atoms with Crippen molar-refractivity contribution in [1.29, 1.82) is 0 Å². The summed E-state index contributed by atoms with van der Waals surface area (Å²) >= 11 is 0. The van der Waals surface area contributed by atoms with E-state index >= 15 is 0 Å². The summed E-state index contributed by atoms with van der Waals surface area (Å²) in [5.74, 6) is -1.27. The van der Waals surface area contributed by atoms with Crippen molar-refractivity contribution < 1.29 is 24.4 Å². The first-order valence-corrected chi connectivity index (χ1v) is 4.72. The molecular formula is C11H9NO6. The Bertz CT molecular complexity index is 535. The Balaban J connectivity index is 3.39. The van der Waals surface area contributed by atoms with Crippen LogP contribution in [0.3, 0.4) is 0 Å². The summed E-state index contributed by atoms with van der Waals surface area (Å²) in [4.78, 5) is 31.2. The van der Waals surface area contributed by atoms with E-state index in [1.807, 2.05) is 0 Å². The largest absolute Gasteiger partial charge is 0.490 e. The number of carboxylic acid groups (broad SMARTS) is 1. The fourth-order valence-corrected chi connectivity index (χ4v) is 1.36. The molecule has 0 aliphatic rings. The lowest BCUT2D eigenvalue weighted by atomic mass is 10.1. The molecule has 1 aromatic rings. The van der Waals surface area contributed by atoms with Crippen LogP contribution in [0.5, 0.6) is 5.75 Å².